The fraction of sp³-hybridized carbons (Fsp3) is 0.292. The second-order valence-electron chi connectivity index (χ2n) is 16.7. The van der Waals surface area contributed by atoms with E-state index in [0.29, 0.717) is 33.6 Å². The Morgan fingerprint density at radius 1 is 0.636 bits per heavy atom. The summed E-state index contributed by atoms with van der Waals surface area (Å²) in [6, 6.07) is 23.1. The number of carbonyl (C=O) groups is 2. The summed E-state index contributed by atoms with van der Waals surface area (Å²) >= 11 is 12.9. The molecule has 0 spiro atoms. The Morgan fingerprint density at radius 2 is 1.05 bits per heavy atom. The van der Waals surface area contributed by atoms with E-state index in [-0.39, 0.29) is 13.1 Å². The van der Waals surface area contributed by atoms with Crippen molar-refractivity contribution in [2.45, 2.75) is 37.8 Å². The first-order valence-corrected chi connectivity index (χ1v) is 22.2. The van der Waals surface area contributed by atoms with Crippen LogP contribution in [0.5, 0.6) is 11.5 Å². The van der Waals surface area contributed by atoms with Crippen LogP contribution in [0.3, 0.4) is 0 Å². The van der Waals surface area contributed by atoms with E-state index in [4.69, 9.17) is 32.7 Å². The van der Waals surface area contributed by atoms with Gasteiger partial charge in [0.1, 0.15) is 33.4 Å². The fourth-order valence-electron chi connectivity index (χ4n) is 9.08. The average molecular weight is 932 g/mol. The number of aromatic nitrogens is 4. The molecule has 4 N–H and O–H groups in total. The lowest BCUT2D eigenvalue weighted by Gasteiger charge is -2.26. The summed E-state index contributed by atoms with van der Waals surface area (Å²) < 4.78 is 11.2. The molecule has 4 aliphatic rings. The highest BCUT2D eigenvalue weighted by Gasteiger charge is 2.37. The van der Waals surface area contributed by atoms with Crippen LogP contribution < -0.4 is 29.9 Å². The molecule has 340 valence electrons. The number of ether oxygens (including phenoxy) is 2. The Bertz CT molecular complexity index is 2660. The monoisotopic (exact) mass is 930 g/mol. The molecule has 4 aromatic carbocycles. The molecule has 0 unspecified atom stereocenters. The van der Waals surface area contributed by atoms with Crippen molar-refractivity contribution in [3.8, 4) is 11.5 Å². The lowest BCUT2D eigenvalue weighted by Crippen LogP contribution is -2.26. The highest BCUT2D eigenvalue weighted by atomic mass is 35.5. The molecule has 0 saturated heterocycles. The summed E-state index contributed by atoms with van der Waals surface area (Å²) in [5.74, 6) is 0.00846. The predicted octanol–water partition coefficient (Wildman–Crippen LogP) is 8.38. The average Bonchev–Trinajstić information content (AvgIpc) is 3.90. The zero-order chi connectivity index (χ0) is 46.2. The first-order valence-electron chi connectivity index (χ1n) is 21.4. The molecule has 0 aliphatic carbocycles. The normalized spacial score (nSPS) is 17.4. The van der Waals surface area contributed by atoms with Gasteiger partial charge in [-0.25, -0.2) is 9.97 Å². The van der Waals surface area contributed by atoms with Gasteiger partial charge in [0.05, 0.1) is 38.0 Å². The number of carboxylic acids is 2. The SMILES string of the molecule is COc1cc2c(cc1Nc1ncc(Cl)c(N3C[C@@H](C(=O)O)c4ccccc43)n1)CN(C)CC2.COc1cc2c(cc1Nc1ncc(Cl)c(N3C[C@H](C(=O)O)c4ccccc43)n1)CN(C)CC2. The lowest BCUT2D eigenvalue weighted by atomic mass is 9.99. The summed E-state index contributed by atoms with van der Waals surface area (Å²) in [6.45, 7) is 4.25. The van der Waals surface area contributed by atoms with Gasteiger partial charge in [-0.05, 0) is 96.7 Å². The number of likely N-dealkylation sites (N-methyl/N-ethyl adjacent to an activating group) is 2. The number of aliphatic carboxylic acids is 2. The van der Waals surface area contributed by atoms with Crippen molar-refractivity contribution in [1.29, 1.82) is 0 Å². The maximum Gasteiger partial charge on any atom is 0.312 e. The van der Waals surface area contributed by atoms with Gasteiger partial charge >= 0.3 is 11.9 Å². The molecular weight excluding hydrogens is 883 g/mol. The van der Waals surface area contributed by atoms with E-state index in [2.05, 4.69) is 78.7 Å². The molecule has 0 bridgehead atoms. The summed E-state index contributed by atoms with van der Waals surface area (Å²) in [4.78, 5) is 49.9. The summed E-state index contributed by atoms with van der Waals surface area (Å²) in [6.07, 6.45) is 5.01. The van der Waals surface area contributed by atoms with Crippen LogP contribution in [0, 0.1) is 0 Å². The van der Waals surface area contributed by atoms with E-state index < -0.39 is 23.8 Å². The molecule has 2 aromatic heterocycles. The topological polar surface area (TPSA) is 182 Å². The maximum atomic E-state index is 11.8. The molecule has 66 heavy (non-hydrogen) atoms. The molecule has 4 aliphatic heterocycles. The van der Waals surface area contributed by atoms with Crippen LogP contribution in [0.4, 0.5) is 46.3 Å². The molecule has 0 amide bonds. The van der Waals surface area contributed by atoms with E-state index >= 15 is 0 Å². The van der Waals surface area contributed by atoms with Crippen molar-refractivity contribution in [3.05, 3.63) is 129 Å². The Balaban J connectivity index is 0.000000166. The van der Waals surface area contributed by atoms with Gasteiger partial charge in [0.25, 0.3) is 0 Å². The minimum absolute atomic E-state index is 0.249. The van der Waals surface area contributed by atoms with Gasteiger partial charge < -0.3 is 49.9 Å². The minimum Gasteiger partial charge on any atom is -0.495 e. The standard InChI is InChI=1S/2C24H24ClN5O3/c2*1-29-8-7-14-10-21(33-2)19(9-15(14)12-29)27-24-26-11-18(25)22(28-24)30-13-17(23(31)32)16-5-3-4-6-20(16)30/h2*3-6,9-11,17H,7-8,12-13H2,1-2H3,(H,31,32)(H,26,27,28)/t2*17-/m10/s1. The quantitative estimate of drug-likeness (QED) is 0.103. The molecule has 10 rings (SSSR count). The van der Waals surface area contributed by atoms with Crippen LogP contribution in [0.15, 0.2) is 85.2 Å². The van der Waals surface area contributed by atoms with E-state index in [1.165, 1.54) is 34.6 Å². The zero-order valence-electron chi connectivity index (χ0n) is 36.8. The second-order valence-corrected chi connectivity index (χ2v) is 17.5. The third kappa shape index (κ3) is 8.84. The van der Waals surface area contributed by atoms with Gasteiger partial charge in [-0.3, -0.25) is 9.59 Å². The van der Waals surface area contributed by atoms with Crippen molar-refractivity contribution in [3.63, 3.8) is 0 Å². The maximum absolute atomic E-state index is 11.8. The number of hydrogen-bond acceptors (Lipinski definition) is 14. The number of rotatable bonds is 10. The van der Waals surface area contributed by atoms with E-state index in [1.807, 2.05) is 58.3 Å². The minimum atomic E-state index is -0.878. The lowest BCUT2D eigenvalue weighted by molar-refractivity contribution is -0.139. The molecule has 0 saturated carbocycles. The Hall–Kier alpha value is -6.72. The first kappa shape index (κ1) is 44.5. The molecule has 16 nitrogen and oxygen atoms in total. The molecule has 6 aromatic rings. The highest BCUT2D eigenvalue weighted by Crippen LogP contribution is 2.45. The van der Waals surface area contributed by atoms with Crippen LogP contribution >= 0.6 is 23.2 Å². The zero-order valence-corrected chi connectivity index (χ0v) is 38.3. The van der Waals surface area contributed by atoms with Gasteiger partial charge in [0, 0.05) is 50.6 Å². The number of fused-ring (bicyclic) bond motifs is 4. The van der Waals surface area contributed by atoms with Gasteiger partial charge in [0.2, 0.25) is 11.9 Å². The number of benzene rings is 4. The van der Waals surface area contributed by atoms with Gasteiger partial charge in [-0.15, -0.1) is 0 Å². The first-order chi connectivity index (χ1) is 31.9. The van der Waals surface area contributed by atoms with Crippen LogP contribution in [0.25, 0.3) is 0 Å². The summed E-state index contributed by atoms with van der Waals surface area (Å²) in [5.41, 5.74) is 9.62. The van der Waals surface area contributed by atoms with Gasteiger partial charge in [-0.2, -0.15) is 9.97 Å². The van der Waals surface area contributed by atoms with Crippen LogP contribution in [0.2, 0.25) is 10.0 Å². The number of nitrogens with zero attached hydrogens (tertiary/aromatic N) is 8. The molecule has 6 heterocycles. The van der Waals surface area contributed by atoms with Crippen molar-refractivity contribution < 1.29 is 29.3 Å². The van der Waals surface area contributed by atoms with Crippen LogP contribution in [-0.2, 0) is 35.5 Å². The second kappa shape index (κ2) is 18.6. The van der Waals surface area contributed by atoms with E-state index in [9.17, 15) is 19.8 Å². The molecular formula is C48H48Cl2N10O6. The van der Waals surface area contributed by atoms with E-state index in [1.54, 1.807) is 14.2 Å². The number of para-hydroxylation sites is 2. The van der Waals surface area contributed by atoms with E-state index in [0.717, 1.165) is 84.4 Å². The molecule has 18 heteroatoms. The van der Waals surface area contributed by atoms with Crippen LogP contribution in [0.1, 0.15) is 45.2 Å². The third-order valence-corrected chi connectivity index (χ3v) is 13.0. The number of nitrogens with one attached hydrogen (secondary N) is 2. The number of hydrogen-bond donors (Lipinski definition) is 4. The molecule has 0 fully saturated rings. The highest BCUT2D eigenvalue weighted by molar-refractivity contribution is 6.33. The van der Waals surface area contributed by atoms with Crippen molar-refractivity contribution in [2.24, 2.45) is 0 Å². The van der Waals surface area contributed by atoms with Crippen molar-refractivity contribution in [1.82, 2.24) is 29.7 Å². The van der Waals surface area contributed by atoms with Crippen LogP contribution in [-0.4, -0.2) is 106 Å². The van der Waals surface area contributed by atoms with Crippen molar-refractivity contribution in [2.75, 3.05) is 74.9 Å². The Morgan fingerprint density at radius 3 is 1.44 bits per heavy atom. The molecule has 0 radical (unpaired) electrons. The smallest absolute Gasteiger partial charge is 0.312 e. The number of methoxy groups -OCH3 is 2. The Kier molecular flexibility index (Phi) is 12.6. The third-order valence-electron chi connectivity index (χ3n) is 12.4. The predicted molar refractivity (Wildman–Crippen MR) is 254 cm³/mol. The molecule has 2 atom stereocenters. The largest absolute Gasteiger partial charge is 0.495 e. The summed E-state index contributed by atoms with van der Waals surface area (Å²) in [7, 11) is 7.49. The number of halogens is 2. The van der Waals surface area contributed by atoms with Gasteiger partial charge in [0.15, 0.2) is 11.6 Å². The fourth-order valence-corrected chi connectivity index (χ4v) is 9.47. The Labute approximate surface area is 391 Å². The number of anilines is 8. The van der Waals surface area contributed by atoms with Crippen molar-refractivity contribution >= 4 is 81.4 Å². The van der Waals surface area contributed by atoms with Gasteiger partial charge in [-0.1, -0.05) is 59.6 Å². The summed E-state index contributed by atoms with van der Waals surface area (Å²) in [5, 5.41) is 26.6. The number of carboxylic acid groups (broad SMARTS) is 2.